The summed E-state index contributed by atoms with van der Waals surface area (Å²) in [5.41, 5.74) is 0. The molecule has 0 aromatic heterocycles. The van der Waals surface area contributed by atoms with E-state index in [1.54, 1.807) is 0 Å². The van der Waals surface area contributed by atoms with Crippen LogP contribution in [0, 0.1) is 0 Å². The van der Waals surface area contributed by atoms with Crippen LogP contribution >= 0.6 is 11.6 Å². The SMILES string of the molecule is Clc1ccccc1OCCCN1CCOCC1. The van der Waals surface area contributed by atoms with Gasteiger partial charge in [0.25, 0.3) is 0 Å². The third-order valence-corrected chi connectivity index (χ3v) is 3.13. The predicted molar refractivity (Wildman–Crippen MR) is 68.8 cm³/mol. The van der Waals surface area contributed by atoms with Gasteiger partial charge in [-0.05, 0) is 18.6 Å². The Bertz CT molecular complexity index is 340. The van der Waals surface area contributed by atoms with E-state index in [0.29, 0.717) is 11.6 Å². The third-order valence-electron chi connectivity index (χ3n) is 2.82. The van der Waals surface area contributed by atoms with Crippen LogP contribution in [-0.4, -0.2) is 44.4 Å². The molecule has 0 spiro atoms. The topological polar surface area (TPSA) is 21.7 Å². The summed E-state index contributed by atoms with van der Waals surface area (Å²) < 4.78 is 10.9. The first kappa shape index (κ1) is 12.7. The maximum absolute atomic E-state index is 6.00. The second kappa shape index (κ2) is 6.84. The Hall–Kier alpha value is -0.770. The fraction of sp³-hybridized carbons (Fsp3) is 0.538. The number of halogens is 1. The Morgan fingerprint density at radius 1 is 1.24 bits per heavy atom. The highest BCUT2D eigenvalue weighted by Gasteiger charge is 2.09. The molecule has 1 heterocycles. The highest BCUT2D eigenvalue weighted by molar-refractivity contribution is 6.32. The molecular weight excluding hydrogens is 238 g/mol. The molecular formula is C13H18ClNO2. The molecule has 17 heavy (non-hydrogen) atoms. The molecule has 1 aliphatic rings. The van der Waals surface area contributed by atoms with Crippen LogP contribution in [-0.2, 0) is 4.74 Å². The van der Waals surface area contributed by atoms with E-state index in [9.17, 15) is 0 Å². The van der Waals surface area contributed by atoms with Crippen molar-refractivity contribution in [2.24, 2.45) is 0 Å². The summed E-state index contributed by atoms with van der Waals surface area (Å²) in [5.74, 6) is 0.774. The van der Waals surface area contributed by atoms with Gasteiger partial charge >= 0.3 is 0 Å². The minimum absolute atomic E-state index is 0.680. The van der Waals surface area contributed by atoms with Crippen molar-refractivity contribution < 1.29 is 9.47 Å². The summed E-state index contributed by atoms with van der Waals surface area (Å²) >= 11 is 6.00. The van der Waals surface area contributed by atoms with Gasteiger partial charge in [0.15, 0.2) is 0 Å². The van der Waals surface area contributed by atoms with Gasteiger partial charge in [0.2, 0.25) is 0 Å². The lowest BCUT2D eigenvalue weighted by atomic mass is 10.3. The first-order chi connectivity index (χ1) is 8.36. The van der Waals surface area contributed by atoms with Crippen LogP contribution in [0.15, 0.2) is 24.3 Å². The number of hydrogen-bond acceptors (Lipinski definition) is 3. The minimum Gasteiger partial charge on any atom is -0.492 e. The molecule has 1 aromatic carbocycles. The number of rotatable bonds is 5. The summed E-state index contributed by atoms with van der Waals surface area (Å²) in [7, 11) is 0. The number of para-hydroxylation sites is 1. The summed E-state index contributed by atoms with van der Waals surface area (Å²) in [6, 6.07) is 7.59. The third kappa shape index (κ3) is 4.19. The van der Waals surface area contributed by atoms with Crippen LogP contribution in [0.1, 0.15) is 6.42 Å². The van der Waals surface area contributed by atoms with E-state index in [4.69, 9.17) is 21.1 Å². The van der Waals surface area contributed by atoms with Crippen LogP contribution < -0.4 is 4.74 Å². The van der Waals surface area contributed by atoms with Crippen LogP contribution in [0.2, 0.25) is 5.02 Å². The molecule has 0 N–H and O–H groups in total. The average molecular weight is 256 g/mol. The van der Waals surface area contributed by atoms with E-state index in [2.05, 4.69) is 4.90 Å². The summed E-state index contributed by atoms with van der Waals surface area (Å²) in [6.45, 7) is 5.55. The number of ether oxygens (including phenoxy) is 2. The smallest absolute Gasteiger partial charge is 0.137 e. The van der Waals surface area contributed by atoms with Gasteiger partial charge < -0.3 is 9.47 Å². The fourth-order valence-electron chi connectivity index (χ4n) is 1.86. The Labute approximate surface area is 107 Å². The fourth-order valence-corrected chi connectivity index (χ4v) is 2.05. The zero-order valence-electron chi connectivity index (χ0n) is 9.90. The van der Waals surface area contributed by atoms with Gasteiger partial charge in [0.05, 0.1) is 24.8 Å². The van der Waals surface area contributed by atoms with Crippen molar-refractivity contribution in [1.82, 2.24) is 4.90 Å². The van der Waals surface area contributed by atoms with E-state index in [1.807, 2.05) is 24.3 Å². The number of morpholine rings is 1. The molecule has 1 aromatic rings. The predicted octanol–water partition coefficient (Wildman–Crippen LogP) is 2.44. The molecule has 0 atom stereocenters. The largest absolute Gasteiger partial charge is 0.492 e. The van der Waals surface area contributed by atoms with Crippen LogP contribution in [0.25, 0.3) is 0 Å². The molecule has 0 aliphatic carbocycles. The zero-order valence-corrected chi connectivity index (χ0v) is 10.7. The van der Waals surface area contributed by atoms with Gasteiger partial charge in [0.1, 0.15) is 5.75 Å². The monoisotopic (exact) mass is 255 g/mol. The van der Waals surface area contributed by atoms with E-state index in [0.717, 1.165) is 45.0 Å². The van der Waals surface area contributed by atoms with E-state index in [-0.39, 0.29) is 0 Å². The molecule has 0 amide bonds. The Kier molecular flexibility index (Phi) is 5.10. The zero-order chi connectivity index (χ0) is 11.9. The first-order valence-corrected chi connectivity index (χ1v) is 6.41. The van der Waals surface area contributed by atoms with Crippen molar-refractivity contribution in [2.45, 2.75) is 6.42 Å². The molecule has 0 bridgehead atoms. The second-order valence-corrected chi connectivity index (χ2v) is 4.49. The highest BCUT2D eigenvalue weighted by atomic mass is 35.5. The lowest BCUT2D eigenvalue weighted by Gasteiger charge is -2.26. The first-order valence-electron chi connectivity index (χ1n) is 6.04. The van der Waals surface area contributed by atoms with Crippen molar-refractivity contribution in [2.75, 3.05) is 39.5 Å². The van der Waals surface area contributed by atoms with Crippen LogP contribution in [0.5, 0.6) is 5.75 Å². The van der Waals surface area contributed by atoms with Gasteiger partial charge in [-0.25, -0.2) is 0 Å². The Morgan fingerprint density at radius 3 is 2.76 bits per heavy atom. The van der Waals surface area contributed by atoms with Crippen molar-refractivity contribution in [3.8, 4) is 5.75 Å². The molecule has 4 heteroatoms. The molecule has 94 valence electrons. The van der Waals surface area contributed by atoms with Crippen LogP contribution in [0.4, 0.5) is 0 Å². The molecule has 0 radical (unpaired) electrons. The minimum atomic E-state index is 0.680. The highest BCUT2D eigenvalue weighted by Crippen LogP contribution is 2.23. The lowest BCUT2D eigenvalue weighted by molar-refractivity contribution is 0.0358. The van der Waals surface area contributed by atoms with Gasteiger partial charge in [0, 0.05) is 19.6 Å². The summed E-state index contributed by atoms with van der Waals surface area (Å²) in [6.07, 6.45) is 1.02. The molecule has 0 saturated carbocycles. The van der Waals surface area contributed by atoms with Crippen molar-refractivity contribution >= 4 is 11.6 Å². The average Bonchev–Trinajstić information content (AvgIpc) is 2.38. The number of hydrogen-bond donors (Lipinski definition) is 0. The number of benzene rings is 1. The van der Waals surface area contributed by atoms with Crippen molar-refractivity contribution in [3.63, 3.8) is 0 Å². The molecule has 1 aliphatic heterocycles. The maximum atomic E-state index is 6.00. The molecule has 3 nitrogen and oxygen atoms in total. The number of nitrogens with zero attached hydrogens (tertiary/aromatic N) is 1. The summed E-state index contributed by atoms with van der Waals surface area (Å²) in [4.78, 5) is 2.40. The lowest BCUT2D eigenvalue weighted by Crippen LogP contribution is -2.37. The molecule has 1 fully saturated rings. The van der Waals surface area contributed by atoms with E-state index >= 15 is 0 Å². The maximum Gasteiger partial charge on any atom is 0.137 e. The molecule has 2 rings (SSSR count). The Balaban J connectivity index is 1.64. The van der Waals surface area contributed by atoms with E-state index < -0.39 is 0 Å². The quantitative estimate of drug-likeness (QED) is 0.755. The standard InChI is InChI=1S/C13H18ClNO2/c14-12-4-1-2-5-13(12)17-9-3-6-15-7-10-16-11-8-15/h1-2,4-5H,3,6-11H2. The molecule has 1 saturated heterocycles. The Morgan fingerprint density at radius 2 is 2.00 bits per heavy atom. The molecule has 0 unspecified atom stereocenters. The van der Waals surface area contributed by atoms with Gasteiger partial charge in [-0.2, -0.15) is 0 Å². The van der Waals surface area contributed by atoms with Crippen LogP contribution in [0.3, 0.4) is 0 Å². The normalized spacial score (nSPS) is 17.0. The van der Waals surface area contributed by atoms with Crippen molar-refractivity contribution in [1.29, 1.82) is 0 Å². The second-order valence-electron chi connectivity index (χ2n) is 4.09. The van der Waals surface area contributed by atoms with Gasteiger partial charge in [-0.3, -0.25) is 4.90 Å². The summed E-state index contributed by atoms with van der Waals surface area (Å²) in [5, 5.41) is 0.680. The van der Waals surface area contributed by atoms with Crippen molar-refractivity contribution in [3.05, 3.63) is 29.3 Å². The van der Waals surface area contributed by atoms with Gasteiger partial charge in [-0.1, -0.05) is 23.7 Å². The van der Waals surface area contributed by atoms with Gasteiger partial charge in [-0.15, -0.1) is 0 Å². The van der Waals surface area contributed by atoms with E-state index in [1.165, 1.54) is 0 Å².